The Labute approximate surface area is 79.7 Å². The van der Waals surface area contributed by atoms with Crippen LogP contribution in [0.25, 0.3) is 0 Å². The van der Waals surface area contributed by atoms with Crippen LogP contribution in [0, 0.1) is 0 Å². The number of hydrogen-bond donors (Lipinski definition) is 2. The number of hydrogen-bond acceptors (Lipinski definition) is 3. The quantitative estimate of drug-likeness (QED) is 0.828. The molecule has 68 valence electrons. The van der Waals surface area contributed by atoms with Crippen LogP contribution in [-0.2, 0) is 6.42 Å². The summed E-state index contributed by atoms with van der Waals surface area (Å²) in [6.07, 6.45) is 2.12. The van der Waals surface area contributed by atoms with Crippen LogP contribution in [0.15, 0.2) is 21.4 Å². The Morgan fingerprint density at radius 3 is 2.83 bits per heavy atom. The molecule has 0 aliphatic rings. The van der Waals surface area contributed by atoms with Gasteiger partial charge < -0.3 is 15.3 Å². The summed E-state index contributed by atoms with van der Waals surface area (Å²) in [4.78, 5) is 0. The second kappa shape index (κ2) is 3.60. The lowest BCUT2D eigenvalue weighted by Gasteiger charge is -2.19. The van der Waals surface area contributed by atoms with Crippen molar-refractivity contribution in [3.63, 3.8) is 0 Å². The van der Waals surface area contributed by atoms with Crippen LogP contribution in [0.3, 0.4) is 0 Å². The topological polar surface area (TPSA) is 59.4 Å². The Morgan fingerprint density at radius 1 is 1.75 bits per heavy atom. The van der Waals surface area contributed by atoms with Gasteiger partial charge in [0.05, 0.1) is 11.9 Å². The van der Waals surface area contributed by atoms with Gasteiger partial charge in [0.2, 0.25) is 0 Å². The lowest BCUT2D eigenvalue weighted by Crippen LogP contribution is -2.36. The maximum Gasteiger partial charge on any atom is 0.169 e. The third-order valence-electron chi connectivity index (χ3n) is 1.65. The maximum atomic E-state index is 9.60. The fraction of sp³-hybridized carbons (Fsp3) is 0.500. The molecule has 0 aliphatic heterocycles. The van der Waals surface area contributed by atoms with Gasteiger partial charge >= 0.3 is 0 Å². The summed E-state index contributed by atoms with van der Waals surface area (Å²) in [6.45, 7) is 1.95. The first-order valence-electron chi connectivity index (χ1n) is 3.69. The van der Waals surface area contributed by atoms with Crippen LogP contribution in [0.2, 0.25) is 0 Å². The van der Waals surface area contributed by atoms with E-state index in [-0.39, 0.29) is 6.54 Å². The van der Waals surface area contributed by atoms with Crippen molar-refractivity contribution in [1.29, 1.82) is 0 Å². The van der Waals surface area contributed by atoms with Crippen LogP contribution >= 0.6 is 15.9 Å². The fourth-order valence-electron chi connectivity index (χ4n) is 0.950. The molecule has 4 heteroatoms. The third-order valence-corrected chi connectivity index (χ3v) is 2.06. The highest BCUT2D eigenvalue weighted by molar-refractivity contribution is 9.10. The predicted molar refractivity (Wildman–Crippen MR) is 49.8 cm³/mol. The molecule has 1 heterocycles. The van der Waals surface area contributed by atoms with Gasteiger partial charge in [0.25, 0.3) is 0 Å². The van der Waals surface area contributed by atoms with E-state index in [1.54, 1.807) is 13.2 Å². The van der Waals surface area contributed by atoms with E-state index in [9.17, 15) is 5.11 Å². The molecule has 1 unspecified atom stereocenters. The molecule has 3 N–H and O–H groups in total. The van der Waals surface area contributed by atoms with Crippen molar-refractivity contribution in [1.82, 2.24) is 0 Å². The van der Waals surface area contributed by atoms with E-state index >= 15 is 0 Å². The van der Waals surface area contributed by atoms with Crippen molar-refractivity contribution in [2.75, 3.05) is 6.54 Å². The monoisotopic (exact) mass is 233 g/mol. The van der Waals surface area contributed by atoms with Crippen LogP contribution < -0.4 is 5.73 Å². The molecule has 0 amide bonds. The van der Waals surface area contributed by atoms with E-state index in [0.717, 1.165) is 5.56 Å². The van der Waals surface area contributed by atoms with Crippen molar-refractivity contribution in [3.05, 3.63) is 22.6 Å². The van der Waals surface area contributed by atoms with Gasteiger partial charge in [-0.25, -0.2) is 0 Å². The Balaban J connectivity index is 2.63. The van der Waals surface area contributed by atoms with Gasteiger partial charge in [-0.1, -0.05) is 0 Å². The van der Waals surface area contributed by atoms with E-state index in [2.05, 4.69) is 15.9 Å². The van der Waals surface area contributed by atoms with E-state index in [0.29, 0.717) is 11.1 Å². The van der Waals surface area contributed by atoms with Crippen LogP contribution in [0.5, 0.6) is 0 Å². The zero-order valence-electron chi connectivity index (χ0n) is 6.88. The number of rotatable bonds is 3. The zero-order valence-corrected chi connectivity index (χ0v) is 8.47. The molecular formula is C8H12BrNO2. The van der Waals surface area contributed by atoms with Gasteiger partial charge in [-0.2, -0.15) is 0 Å². The molecule has 0 aliphatic carbocycles. The molecule has 3 nitrogen and oxygen atoms in total. The summed E-state index contributed by atoms with van der Waals surface area (Å²) in [5, 5.41) is 9.60. The van der Waals surface area contributed by atoms with Crippen molar-refractivity contribution in [3.8, 4) is 0 Å². The van der Waals surface area contributed by atoms with Gasteiger partial charge in [0.15, 0.2) is 4.67 Å². The largest absolute Gasteiger partial charge is 0.457 e. The van der Waals surface area contributed by atoms with Gasteiger partial charge in [-0.15, -0.1) is 0 Å². The van der Waals surface area contributed by atoms with E-state index in [1.807, 2.05) is 6.07 Å². The average molecular weight is 234 g/mol. The lowest BCUT2D eigenvalue weighted by atomic mass is 9.99. The molecule has 12 heavy (non-hydrogen) atoms. The summed E-state index contributed by atoms with van der Waals surface area (Å²) < 4.78 is 5.69. The van der Waals surface area contributed by atoms with E-state index in [4.69, 9.17) is 10.2 Å². The summed E-state index contributed by atoms with van der Waals surface area (Å²) in [6, 6.07) is 1.82. The molecule has 0 fully saturated rings. The van der Waals surface area contributed by atoms with Gasteiger partial charge in [-0.05, 0) is 34.5 Å². The highest BCUT2D eigenvalue weighted by atomic mass is 79.9. The van der Waals surface area contributed by atoms with Crippen LogP contribution in [0.1, 0.15) is 12.5 Å². The van der Waals surface area contributed by atoms with Gasteiger partial charge in [0.1, 0.15) is 0 Å². The van der Waals surface area contributed by atoms with Gasteiger partial charge in [0, 0.05) is 13.0 Å². The minimum absolute atomic E-state index is 0.246. The van der Waals surface area contributed by atoms with Crippen molar-refractivity contribution < 1.29 is 9.52 Å². The molecule has 1 aromatic heterocycles. The lowest BCUT2D eigenvalue weighted by molar-refractivity contribution is 0.0695. The Bertz CT molecular complexity index is 257. The molecule has 0 bridgehead atoms. The minimum Gasteiger partial charge on any atom is -0.457 e. The highest BCUT2D eigenvalue weighted by Gasteiger charge is 2.19. The molecule has 0 aromatic carbocycles. The summed E-state index contributed by atoms with van der Waals surface area (Å²) in [5.41, 5.74) is 5.47. The summed E-state index contributed by atoms with van der Waals surface area (Å²) in [5.74, 6) is 0. The van der Waals surface area contributed by atoms with Gasteiger partial charge in [-0.3, -0.25) is 0 Å². The molecule has 0 saturated carbocycles. The highest BCUT2D eigenvalue weighted by Crippen LogP contribution is 2.18. The van der Waals surface area contributed by atoms with E-state index in [1.165, 1.54) is 0 Å². The Kier molecular flexibility index (Phi) is 2.93. The zero-order chi connectivity index (χ0) is 9.19. The summed E-state index contributed by atoms with van der Waals surface area (Å²) in [7, 11) is 0. The average Bonchev–Trinajstić information content (AvgIpc) is 2.35. The first kappa shape index (κ1) is 9.77. The third kappa shape index (κ3) is 2.62. The molecular weight excluding hydrogens is 222 g/mol. The first-order chi connectivity index (χ1) is 5.53. The number of halogens is 1. The van der Waals surface area contributed by atoms with Crippen LogP contribution in [0.4, 0.5) is 0 Å². The molecule has 0 saturated heterocycles. The first-order valence-corrected chi connectivity index (χ1v) is 4.48. The standard InChI is InChI=1S/C8H12BrNO2/c1-8(11,5-10)3-6-2-7(9)12-4-6/h2,4,11H,3,5,10H2,1H3. The Hall–Kier alpha value is -0.320. The second-order valence-corrected chi connectivity index (χ2v) is 3.92. The SMILES string of the molecule is CC(O)(CN)Cc1coc(Br)c1. The number of aliphatic hydroxyl groups is 1. The second-order valence-electron chi connectivity index (χ2n) is 3.14. The Morgan fingerprint density at radius 2 is 2.42 bits per heavy atom. The molecule has 1 rings (SSSR count). The smallest absolute Gasteiger partial charge is 0.169 e. The molecule has 0 radical (unpaired) electrons. The maximum absolute atomic E-state index is 9.60. The van der Waals surface area contributed by atoms with Crippen molar-refractivity contribution in [2.45, 2.75) is 18.9 Å². The predicted octanol–water partition coefficient (Wildman–Crippen LogP) is 1.29. The van der Waals surface area contributed by atoms with Crippen LogP contribution in [-0.4, -0.2) is 17.3 Å². The number of nitrogens with two attached hydrogens (primary N) is 1. The summed E-state index contributed by atoms with van der Waals surface area (Å²) >= 11 is 3.18. The van der Waals surface area contributed by atoms with Crippen molar-refractivity contribution in [2.24, 2.45) is 5.73 Å². The number of furan rings is 1. The molecule has 1 aromatic rings. The molecule has 0 spiro atoms. The van der Waals surface area contributed by atoms with Crippen molar-refractivity contribution >= 4 is 15.9 Å². The molecule has 1 atom stereocenters. The minimum atomic E-state index is -0.844. The normalized spacial score (nSPS) is 16.0. The fourth-order valence-corrected chi connectivity index (χ4v) is 1.34. The van der Waals surface area contributed by atoms with E-state index < -0.39 is 5.60 Å².